The zero-order chi connectivity index (χ0) is 12.5. The van der Waals surface area contributed by atoms with Crippen LogP contribution < -0.4 is 5.32 Å². The fourth-order valence-corrected chi connectivity index (χ4v) is 2.99. The maximum atomic E-state index is 12.0. The number of aliphatic hydroxyl groups is 3. The Hall–Kier alpha value is -0.650. The van der Waals surface area contributed by atoms with Crippen molar-refractivity contribution >= 4 is 5.91 Å². The van der Waals surface area contributed by atoms with E-state index in [1.165, 1.54) is 12.8 Å². The maximum absolute atomic E-state index is 12.0. The van der Waals surface area contributed by atoms with Crippen molar-refractivity contribution in [2.45, 2.75) is 31.2 Å². The second-order valence-electron chi connectivity index (χ2n) is 5.38. The molecule has 2 rings (SSSR count). The number of nitrogens with one attached hydrogen (secondary N) is 1. The Balaban J connectivity index is 1.93. The molecule has 0 spiro atoms. The molecule has 98 valence electrons. The first-order valence-corrected chi connectivity index (χ1v) is 6.32. The highest BCUT2D eigenvalue weighted by Crippen LogP contribution is 2.55. The predicted molar refractivity (Wildman–Crippen MR) is 61.1 cm³/mol. The van der Waals surface area contributed by atoms with Gasteiger partial charge in [0.25, 0.3) is 0 Å². The van der Waals surface area contributed by atoms with Gasteiger partial charge in [0.05, 0.1) is 19.8 Å². The molecule has 2 fully saturated rings. The average molecular weight is 243 g/mol. The van der Waals surface area contributed by atoms with Crippen LogP contribution in [0.25, 0.3) is 0 Å². The van der Waals surface area contributed by atoms with Crippen molar-refractivity contribution in [1.82, 2.24) is 5.32 Å². The largest absolute Gasteiger partial charge is 0.394 e. The van der Waals surface area contributed by atoms with Crippen LogP contribution in [-0.2, 0) is 4.79 Å². The van der Waals surface area contributed by atoms with Crippen LogP contribution in [0.3, 0.4) is 0 Å². The molecule has 4 N–H and O–H groups in total. The molecule has 1 amide bonds. The second kappa shape index (κ2) is 4.92. The van der Waals surface area contributed by atoms with Crippen molar-refractivity contribution in [3.05, 3.63) is 0 Å². The van der Waals surface area contributed by atoms with Gasteiger partial charge in [-0.2, -0.15) is 0 Å². The van der Waals surface area contributed by atoms with Gasteiger partial charge in [-0.1, -0.05) is 12.8 Å². The van der Waals surface area contributed by atoms with Gasteiger partial charge in [0.1, 0.15) is 5.54 Å². The van der Waals surface area contributed by atoms with Crippen molar-refractivity contribution in [2.75, 3.05) is 19.8 Å². The number of fused-ring (bicyclic) bond motifs is 1. The monoisotopic (exact) mass is 243 g/mol. The molecule has 2 aliphatic carbocycles. The number of carbonyl (C=O) groups excluding carboxylic acids is 1. The molecule has 0 heterocycles. The highest BCUT2D eigenvalue weighted by atomic mass is 16.3. The van der Waals surface area contributed by atoms with Crippen molar-refractivity contribution in [3.8, 4) is 0 Å². The molecule has 2 atom stereocenters. The summed E-state index contributed by atoms with van der Waals surface area (Å²) in [5.74, 6) is 0.871. The van der Waals surface area contributed by atoms with E-state index in [1.807, 2.05) is 0 Å². The average Bonchev–Trinajstić information content (AvgIpc) is 3.10. The first kappa shape index (κ1) is 12.8. The number of amides is 1. The van der Waals surface area contributed by atoms with Gasteiger partial charge in [-0.3, -0.25) is 4.79 Å². The first-order chi connectivity index (χ1) is 8.17. The van der Waals surface area contributed by atoms with E-state index in [0.717, 1.165) is 12.8 Å². The molecule has 5 nitrogen and oxygen atoms in total. The lowest BCUT2D eigenvalue weighted by Crippen LogP contribution is -2.57. The summed E-state index contributed by atoms with van der Waals surface area (Å²) in [5, 5.41) is 30.1. The summed E-state index contributed by atoms with van der Waals surface area (Å²) in [7, 11) is 0. The summed E-state index contributed by atoms with van der Waals surface area (Å²) in [4.78, 5) is 12.0. The molecular weight excluding hydrogens is 222 g/mol. The molecule has 0 aromatic heterocycles. The van der Waals surface area contributed by atoms with Crippen molar-refractivity contribution < 1.29 is 20.1 Å². The summed E-state index contributed by atoms with van der Waals surface area (Å²) >= 11 is 0. The van der Waals surface area contributed by atoms with Gasteiger partial charge < -0.3 is 20.6 Å². The Bertz CT molecular complexity index is 270. The Morgan fingerprint density at radius 3 is 1.94 bits per heavy atom. The van der Waals surface area contributed by atoms with Crippen LogP contribution in [0.2, 0.25) is 0 Å². The van der Waals surface area contributed by atoms with Gasteiger partial charge >= 0.3 is 0 Å². The number of carbonyl (C=O) groups is 1. The number of hydrogen-bond acceptors (Lipinski definition) is 4. The smallest absolute Gasteiger partial charge is 0.224 e. The SMILES string of the molecule is O=C(NC(CO)(CO)CO)C1C2CCCCC21. The quantitative estimate of drug-likeness (QED) is 0.512. The van der Waals surface area contributed by atoms with Crippen LogP contribution in [-0.4, -0.2) is 46.6 Å². The third-order valence-corrected chi connectivity index (χ3v) is 4.26. The highest BCUT2D eigenvalue weighted by molar-refractivity contribution is 5.83. The normalized spacial score (nSPS) is 31.8. The summed E-state index contributed by atoms with van der Waals surface area (Å²) in [6.07, 6.45) is 4.59. The second-order valence-corrected chi connectivity index (χ2v) is 5.38. The molecule has 17 heavy (non-hydrogen) atoms. The molecule has 0 aromatic rings. The van der Waals surface area contributed by atoms with E-state index >= 15 is 0 Å². The minimum absolute atomic E-state index is 0.0292. The topological polar surface area (TPSA) is 89.8 Å². The van der Waals surface area contributed by atoms with E-state index < -0.39 is 25.4 Å². The predicted octanol–water partition coefficient (Wildman–Crippen LogP) is -0.746. The number of hydrogen-bond donors (Lipinski definition) is 4. The van der Waals surface area contributed by atoms with Crippen LogP contribution in [0.15, 0.2) is 0 Å². The lowest BCUT2D eigenvalue weighted by atomic mass is 10.0. The van der Waals surface area contributed by atoms with Crippen LogP contribution in [0, 0.1) is 17.8 Å². The molecule has 2 unspecified atom stereocenters. The lowest BCUT2D eigenvalue weighted by Gasteiger charge is -2.28. The van der Waals surface area contributed by atoms with Gasteiger partial charge in [-0.05, 0) is 24.7 Å². The van der Waals surface area contributed by atoms with Gasteiger partial charge in [-0.15, -0.1) is 0 Å². The van der Waals surface area contributed by atoms with E-state index in [-0.39, 0.29) is 11.8 Å². The van der Waals surface area contributed by atoms with E-state index in [0.29, 0.717) is 11.8 Å². The van der Waals surface area contributed by atoms with E-state index in [1.54, 1.807) is 0 Å². The molecule has 0 saturated heterocycles. The minimum Gasteiger partial charge on any atom is -0.394 e. The Morgan fingerprint density at radius 1 is 1.06 bits per heavy atom. The zero-order valence-electron chi connectivity index (χ0n) is 9.93. The van der Waals surface area contributed by atoms with E-state index in [4.69, 9.17) is 15.3 Å². The Kier molecular flexibility index (Phi) is 3.70. The Morgan fingerprint density at radius 2 is 1.53 bits per heavy atom. The lowest BCUT2D eigenvalue weighted by molar-refractivity contribution is -0.127. The van der Waals surface area contributed by atoms with Gasteiger partial charge in [-0.25, -0.2) is 0 Å². The molecule has 2 aliphatic rings. The highest BCUT2D eigenvalue weighted by Gasteiger charge is 2.55. The van der Waals surface area contributed by atoms with E-state index in [9.17, 15) is 4.79 Å². The van der Waals surface area contributed by atoms with Crippen molar-refractivity contribution in [2.24, 2.45) is 17.8 Å². The molecule has 0 bridgehead atoms. The van der Waals surface area contributed by atoms with Crippen LogP contribution in [0.5, 0.6) is 0 Å². The fourth-order valence-electron chi connectivity index (χ4n) is 2.99. The minimum atomic E-state index is -1.27. The van der Waals surface area contributed by atoms with Crippen LogP contribution in [0.4, 0.5) is 0 Å². The van der Waals surface area contributed by atoms with E-state index in [2.05, 4.69) is 5.32 Å². The molecule has 5 heteroatoms. The zero-order valence-corrected chi connectivity index (χ0v) is 9.93. The molecule has 0 aromatic carbocycles. The maximum Gasteiger partial charge on any atom is 0.224 e. The summed E-state index contributed by atoms with van der Waals surface area (Å²) in [6, 6.07) is 0. The first-order valence-electron chi connectivity index (χ1n) is 6.32. The number of rotatable bonds is 5. The fraction of sp³-hybridized carbons (Fsp3) is 0.917. The number of aliphatic hydroxyl groups excluding tert-OH is 3. The van der Waals surface area contributed by atoms with Crippen molar-refractivity contribution in [3.63, 3.8) is 0 Å². The summed E-state index contributed by atoms with van der Waals surface area (Å²) in [6.45, 7) is -1.35. The standard InChI is InChI=1S/C12H21NO4/c14-5-12(6-15,7-16)13-11(17)10-8-3-1-2-4-9(8)10/h8-10,14-16H,1-7H2,(H,13,17). The molecule has 0 radical (unpaired) electrons. The molecular formula is C12H21NO4. The van der Waals surface area contributed by atoms with Gasteiger partial charge in [0.2, 0.25) is 5.91 Å². The summed E-state index contributed by atoms with van der Waals surface area (Å²) < 4.78 is 0. The molecule has 2 saturated carbocycles. The Labute approximate surface area is 101 Å². The third kappa shape index (κ3) is 2.32. The molecule has 0 aliphatic heterocycles. The third-order valence-electron chi connectivity index (χ3n) is 4.26. The van der Waals surface area contributed by atoms with Gasteiger partial charge in [0, 0.05) is 5.92 Å². The van der Waals surface area contributed by atoms with Gasteiger partial charge in [0.15, 0.2) is 0 Å². The van der Waals surface area contributed by atoms with Crippen LogP contribution in [0.1, 0.15) is 25.7 Å². The van der Waals surface area contributed by atoms with Crippen molar-refractivity contribution in [1.29, 1.82) is 0 Å². The summed E-state index contributed by atoms with van der Waals surface area (Å²) in [5.41, 5.74) is -1.27. The van der Waals surface area contributed by atoms with Crippen LogP contribution >= 0.6 is 0 Å².